The largest absolute Gasteiger partial charge is 0.477 e. The zero-order valence-corrected chi connectivity index (χ0v) is 18.9. The molecule has 0 saturated carbocycles. The number of ether oxygens (including phenoxy) is 1. The summed E-state index contributed by atoms with van der Waals surface area (Å²) >= 11 is 0. The summed E-state index contributed by atoms with van der Waals surface area (Å²) in [7, 11) is 1.55. The van der Waals surface area contributed by atoms with Gasteiger partial charge in [0.15, 0.2) is 6.10 Å². The highest BCUT2D eigenvalue weighted by Crippen LogP contribution is 2.36. The number of anilines is 1. The lowest BCUT2D eigenvalue weighted by atomic mass is 10.0. The number of hydrogen-bond acceptors (Lipinski definition) is 4. The summed E-state index contributed by atoms with van der Waals surface area (Å²) in [5, 5.41) is 7.43. The summed E-state index contributed by atoms with van der Waals surface area (Å²) in [6.45, 7) is 2.09. The number of rotatable bonds is 4. The van der Waals surface area contributed by atoms with Crippen LogP contribution in [0.1, 0.15) is 15.9 Å². The Bertz CT molecular complexity index is 1360. The van der Waals surface area contributed by atoms with Crippen molar-refractivity contribution in [3.8, 4) is 22.7 Å². The molecule has 34 heavy (non-hydrogen) atoms. The van der Waals surface area contributed by atoms with Gasteiger partial charge in [0.1, 0.15) is 11.4 Å². The number of aromatic nitrogens is 2. The molecule has 4 aromatic rings. The fourth-order valence-electron chi connectivity index (χ4n) is 4.15. The fraction of sp³-hybridized carbons (Fsp3) is 0.148. The molecule has 3 aromatic carbocycles. The highest BCUT2D eigenvalue weighted by atomic mass is 16.5. The van der Waals surface area contributed by atoms with Crippen molar-refractivity contribution in [2.24, 2.45) is 0 Å². The van der Waals surface area contributed by atoms with Crippen molar-refractivity contribution in [1.29, 1.82) is 0 Å². The minimum absolute atomic E-state index is 0.0965. The summed E-state index contributed by atoms with van der Waals surface area (Å²) in [5.41, 5.74) is 4.40. The second kappa shape index (κ2) is 8.86. The molecule has 7 nitrogen and oxygen atoms in total. The molecule has 0 aliphatic carbocycles. The van der Waals surface area contributed by atoms with E-state index < -0.39 is 6.10 Å². The number of para-hydroxylation sites is 3. The van der Waals surface area contributed by atoms with Crippen molar-refractivity contribution in [3.63, 3.8) is 0 Å². The molecule has 0 fully saturated rings. The van der Waals surface area contributed by atoms with Crippen LogP contribution in [0.25, 0.3) is 16.9 Å². The Morgan fingerprint density at radius 1 is 0.971 bits per heavy atom. The van der Waals surface area contributed by atoms with E-state index in [9.17, 15) is 9.59 Å². The van der Waals surface area contributed by atoms with Crippen LogP contribution in [0.3, 0.4) is 0 Å². The van der Waals surface area contributed by atoms with Gasteiger partial charge in [0.2, 0.25) is 0 Å². The molecule has 170 valence electrons. The second-order valence-corrected chi connectivity index (χ2v) is 8.09. The predicted octanol–water partition coefficient (Wildman–Crippen LogP) is 4.00. The zero-order chi connectivity index (χ0) is 23.7. The average molecular weight is 453 g/mol. The van der Waals surface area contributed by atoms with Crippen LogP contribution in [0.15, 0.2) is 85.1 Å². The number of carbonyl (C=O) groups excluding carboxylic acids is 2. The van der Waals surface area contributed by atoms with Gasteiger partial charge in [-0.1, -0.05) is 54.6 Å². The third kappa shape index (κ3) is 3.81. The maximum absolute atomic E-state index is 14.1. The monoisotopic (exact) mass is 452 g/mol. The third-order valence-corrected chi connectivity index (χ3v) is 5.92. The quantitative estimate of drug-likeness (QED) is 0.508. The highest BCUT2D eigenvalue weighted by Gasteiger charge is 2.35. The lowest BCUT2D eigenvalue weighted by Crippen LogP contribution is -2.50. The van der Waals surface area contributed by atoms with Crippen LogP contribution in [0, 0.1) is 6.92 Å². The van der Waals surface area contributed by atoms with Crippen molar-refractivity contribution < 1.29 is 14.3 Å². The fourth-order valence-corrected chi connectivity index (χ4v) is 4.15. The first kappa shape index (κ1) is 21.5. The normalized spacial score (nSPS) is 14.8. The summed E-state index contributed by atoms with van der Waals surface area (Å²) in [6, 6.07) is 24.8. The van der Waals surface area contributed by atoms with E-state index in [1.54, 1.807) is 28.9 Å². The first-order valence-electron chi connectivity index (χ1n) is 11.1. The second-order valence-electron chi connectivity index (χ2n) is 8.09. The highest BCUT2D eigenvalue weighted by molar-refractivity contribution is 6.11. The number of likely N-dealkylation sites (N-methyl/N-ethyl adjacent to an activating group) is 1. The molecule has 0 radical (unpaired) electrons. The first-order valence-corrected chi connectivity index (χ1v) is 11.1. The third-order valence-electron chi connectivity index (χ3n) is 5.92. The van der Waals surface area contributed by atoms with E-state index in [-0.39, 0.29) is 18.4 Å². The Labute approximate surface area is 197 Å². The van der Waals surface area contributed by atoms with Crippen molar-refractivity contribution >= 4 is 17.5 Å². The smallest absolute Gasteiger partial charge is 0.262 e. The molecular formula is C27H24N4O3. The Kier molecular flexibility index (Phi) is 5.59. The standard InChI is InChI=1S/C27H24N4O3/c1-18-10-6-7-13-20(18)25-21(16-31(29-25)19-11-4-3-5-12-19)27(33)30-17-24(26(32)28-2)34-23-15-9-8-14-22(23)30/h3-16,24H,17H2,1-2H3,(H,28,32). The number of aryl methyl sites for hydroxylation is 1. The molecule has 0 spiro atoms. The molecule has 0 bridgehead atoms. The Hall–Kier alpha value is -4.39. The van der Waals surface area contributed by atoms with Crippen LogP contribution in [-0.2, 0) is 4.79 Å². The topological polar surface area (TPSA) is 76.5 Å². The number of hydrogen-bond donors (Lipinski definition) is 1. The van der Waals surface area contributed by atoms with Gasteiger partial charge in [0, 0.05) is 18.8 Å². The van der Waals surface area contributed by atoms with Crippen LogP contribution in [0.4, 0.5) is 5.69 Å². The van der Waals surface area contributed by atoms with Crippen LogP contribution < -0.4 is 15.0 Å². The van der Waals surface area contributed by atoms with E-state index >= 15 is 0 Å². The summed E-state index contributed by atoms with van der Waals surface area (Å²) in [5.74, 6) is -0.0416. The van der Waals surface area contributed by atoms with Crippen molar-refractivity contribution in [2.75, 3.05) is 18.5 Å². The van der Waals surface area contributed by atoms with E-state index in [1.807, 2.05) is 79.7 Å². The SMILES string of the molecule is CNC(=O)C1CN(C(=O)c2cn(-c3ccccc3)nc2-c2ccccc2C)c2ccccc2O1. The van der Waals surface area contributed by atoms with Gasteiger partial charge in [0.05, 0.1) is 23.5 Å². The van der Waals surface area contributed by atoms with Gasteiger partial charge < -0.3 is 15.0 Å². The maximum atomic E-state index is 14.1. The molecule has 1 aliphatic rings. The van der Waals surface area contributed by atoms with Gasteiger partial charge in [-0.05, 0) is 36.8 Å². The Morgan fingerprint density at radius 2 is 1.68 bits per heavy atom. The van der Waals surface area contributed by atoms with Gasteiger partial charge in [-0.15, -0.1) is 0 Å². The van der Waals surface area contributed by atoms with Gasteiger partial charge in [-0.25, -0.2) is 4.68 Å². The molecule has 2 amide bonds. The number of amides is 2. The van der Waals surface area contributed by atoms with Gasteiger partial charge in [-0.3, -0.25) is 9.59 Å². The van der Waals surface area contributed by atoms with E-state index in [0.717, 1.165) is 16.8 Å². The summed E-state index contributed by atoms with van der Waals surface area (Å²) in [6.07, 6.45) is 0.946. The number of fused-ring (bicyclic) bond motifs is 1. The Morgan fingerprint density at radius 3 is 2.44 bits per heavy atom. The van der Waals surface area contributed by atoms with Crippen LogP contribution in [0.2, 0.25) is 0 Å². The number of carbonyl (C=O) groups is 2. The van der Waals surface area contributed by atoms with Gasteiger partial charge in [-0.2, -0.15) is 5.10 Å². The lowest BCUT2D eigenvalue weighted by molar-refractivity contribution is -0.127. The summed E-state index contributed by atoms with van der Waals surface area (Å²) < 4.78 is 7.60. The molecule has 0 saturated heterocycles. The van der Waals surface area contributed by atoms with Gasteiger partial charge >= 0.3 is 0 Å². The van der Waals surface area contributed by atoms with Crippen LogP contribution >= 0.6 is 0 Å². The number of benzene rings is 3. The Balaban J connectivity index is 1.64. The van der Waals surface area contributed by atoms with E-state index in [2.05, 4.69) is 5.32 Å². The first-order chi connectivity index (χ1) is 16.6. The average Bonchev–Trinajstić information content (AvgIpc) is 3.33. The van der Waals surface area contributed by atoms with Crippen LogP contribution in [-0.4, -0.2) is 41.3 Å². The number of nitrogens with zero attached hydrogens (tertiary/aromatic N) is 3. The van der Waals surface area contributed by atoms with Crippen molar-refractivity contribution in [1.82, 2.24) is 15.1 Å². The molecule has 5 rings (SSSR count). The summed E-state index contributed by atoms with van der Waals surface area (Å²) in [4.78, 5) is 28.1. The maximum Gasteiger partial charge on any atom is 0.262 e. The van der Waals surface area contributed by atoms with Crippen molar-refractivity contribution in [2.45, 2.75) is 13.0 Å². The molecule has 1 N–H and O–H groups in total. The van der Waals surface area contributed by atoms with E-state index in [0.29, 0.717) is 22.7 Å². The number of nitrogens with one attached hydrogen (secondary N) is 1. The van der Waals surface area contributed by atoms with E-state index in [1.165, 1.54) is 0 Å². The molecule has 1 atom stereocenters. The van der Waals surface area contributed by atoms with Crippen LogP contribution in [0.5, 0.6) is 5.75 Å². The van der Waals surface area contributed by atoms with E-state index in [4.69, 9.17) is 9.84 Å². The molecule has 1 aromatic heterocycles. The van der Waals surface area contributed by atoms with Crippen molar-refractivity contribution in [3.05, 3.63) is 96.2 Å². The zero-order valence-electron chi connectivity index (χ0n) is 18.9. The lowest BCUT2D eigenvalue weighted by Gasteiger charge is -2.34. The minimum atomic E-state index is -0.810. The minimum Gasteiger partial charge on any atom is -0.477 e. The predicted molar refractivity (Wildman–Crippen MR) is 130 cm³/mol. The molecule has 7 heteroatoms. The van der Waals surface area contributed by atoms with Gasteiger partial charge in [0.25, 0.3) is 11.8 Å². The molecule has 1 unspecified atom stereocenters. The molecule has 1 aliphatic heterocycles. The molecular weight excluding hydrogens is 428 g/mol. The molecule has 2 heterocycles.